The maximum atomic E-state index is 14.1. The highest BCUT2D eigenvalue weighted by atomic mass is 32.2. The third-order valence-electron chi connectivity index (χ3n) is 8.97. The van der Waals surface area contributed by atoms with Gasteiger partial charge in [-0.05, 0) is 48.9 Å². The first-order valence-corrected chi connectivity index (χ1v) is 17.1. The van der Waals surface area contributed by atoms with Crippen molar-refractivity contribution in [2.45, 2.75) is 54.6 Å². The number of sulfonamides is 1. The third-order valence-corrected chi connectivity index (χ3v) is 12.4. The molecule has 2 aromatic heterocycles. The van der Waals surface area contributed by atoms with Gasteiger partial charge >= 0.3 is 0 Å². The molecule has 0 bridgehead atoms. The van der Waals surface area contributed by atoms with Crippen LogP contribution in [0.25, 0.3) is 11.3 Å². The van der Waals surface area contributed by atoms with Crippen molar-refractivity contribution in [3.63, 3.8) is 0 Å². The van der Waals surface area contributed by atoms with Crippen LogP contribution < -0.4 is 4.90 Å². The molecule has 0 spiro atoms. The summed E-state index contributed by atoms with van der Waals surface area (Å²) in [6.45, 7) is 4.19. The van der Waals surface area contributed by atoms with Gasteiger partial charge in [0.15, 0.2) is 9.34 Å². The minimum Gasteiger partial charge on any atom is -0.392 e. The normalized spacial score (nSPS) is 23.2. The molecule has 0 saturated carbocycles. The molecule has 9 nitrogen and oxygen atoms in total. The monoisotopic (exact) mass is 622 g/mol. The SMILES string of the molecule is O=S(=O)(c1cnc(N2CCN3CC(O)CC3C2)s1)N1CCCC1c1ccccc1-c1cncn1CCc1ccc(F)cc1. The van der Waals surface area contributed by atoms with Crippen LogP contribution >= 0.6 is 11.3 Å². The average Bonchev–Trinajstić information content (AvgIpc) is 3.82. The Bertz CT molecular complexity index is 1690. The lowest BCUT2D eigenvalue weighted by Crippen LogP contribution is -2.50. The third kappa shape index (κ3) is 5.62. The number of hydrogen-bond donors (Lipinski definition) is 1. The molecule has 0 aliphatic carbocycles. The Morgan fingerprint density at radius 3 is 2.72 bits per heavy atom. The second kappa shape index (κ2) is 11.7. The Balaban J connectivity index is 1.12. The summed E-state index contributed by atoms with van der Waals surface area (Å²) in [5.74, 6) is -0.251. The number of imidazole rings is 1. The molecule has 0 radical (unpaired) electrons. The number of halogens is 1. The van der Waals surface area contributed by atoms with E-state index in [2.05, 4.69) is 24.3 Å². The Kier molecular flexibility index (Phi) is 7.81. The fraction of sp³-hybridized carbons (Fsp3) is 0.419. The zero-order valence-corrected chi connectivity index (χ0v) is 25.4. The van der Waals surface area contributed by atoms with Crippen LogP contribution in [0.15, 0.2) is 71.5 Å². The van der Waals surface area contributed by atoms with Crippen molar-refractivity contribution in [3.8, 4) is 11.3 Å². The molecule has 4 aromatic rings. The quantitative estimate of drug-likeness (QED) is 0.315. The van der Waals surface area contributed by atoms with E-state index >= 15 is 0 Å². The van der Waals surface area contributed by atoms with Gasteiger partial charge in [-0.2, -0.15) is 4.31 Å². The van der Waals surface area contributed by atoms with Gasteiger partial charge in [0.05, 0.1) is 36.6 Å². The number of thiazole rings is 1. The molecule has 43 heavy (non-hydrogen) atoms. The van der Waals surface area contributed by atoms with Crippen molar-refractivity contribution < 1.29 is 17.9 Å². The molecular weight excluding hydrogens is 588 g/mol. The summed E-state index contributed by atoms with van der Waals surface area (Å²) in [7, 11) is -3.77. The smallest absolute Gasteiger partial charge is 0.254 e. The Morgan fingerprint density at radius 2 is 1.86 bits per heavy atom. The fourth-order valence-electron chi connectivity index (χ4n) is 6.80. The number of fused-ring (bicyclic) bond motifs is 1. The molecule has 3 aliphatic heterocycles. The number of aromatic nitrogens is 3. The molecule has 3 fully saturated rings. The van der Waals surface area contributed by atoms with Crippen molar-refractivity contribution in [2.24, 2.45) is 0 Å². The number of benzene rings is 2. The van der Waals surface area contributed by atoms with Gasteiger partial charge in [0.1, 0.15) is 5.82 Å². The van der Waals surface area contributed by atoms with Crippen LogP contribution in [-0.4, -0.2) is 82.1 Å². The molecule has 5 heterocycles. The molecule has 0 amide bonds. The molecule has 3 saturated heterocycles. The van der Waals surface area contributed by atoms with E-state index in [-0.39, 0.29) is 28.2 Å². The minimum absolute atomic E-state index is 0.251. The number of hydrogen-bond acceptors (Lipinski definition) is 8. The molecule has 12 heteroatoms. The molecule has 1 N–H and O–H groups in total. The van der Waals surface area contributed by atoms with Crippen molar-refractivity contribution in [1.82, 2.24) is 23.7 Å². The minimum atomic E-state index is -3.77. The number of rotatable bonds is 8. The van der Waals surface area contributed by atoms with Gasteiger partial charge in [-0.3, -0.25) is 4.90 Å². The number of aliphatic hydroxyl groups is 1. The number of piperazine rings is 1. The summed E-state index contributed by atoms with van der Waals surface area (Å²) in [5.41, 5.74) is 3.90. The first-order chi connectivity index (χ1) is 20.9. The van der Waals surface area contributed by atoms with Gasteiger partial charge in [-0.1, -0.05) is 47.7 Å². The molecule has 2 aromatic carbocycles. The Labute approximate surface area is 255 Å². The number of anilines is 1. The summed E-state index contributed by atoms with van der Waals surface area (Å²) < 4.78 is 45.5. The van der Waals surface area contributed by atoms with E-state index in [0.29, 0.717) is 19.6 Å². The number of aliphatic hydroxyl groups excluding tert-OH is 1. The average molecular weight is 623 g/mol. The van der Waals surface area contributed by atoms with Gasteiger partial charge in [-0.25, -0.2) is 22.8 Å². The van der Waals surface area contributed by atoms with Gasteiger partial charge in [-0.15, -0.1) is 0 Å². The molecule has 3 unspecified atom stereocenters. The Morgan fingerprint density at radius 1 is 1.02 bits per heavy atom. The van der Waals surface area contributed by atoms with Crippen molar-refractivity contribution >= 4 is 26.5 Å². The van der Waals surface area contributed by atoms with Gasteiger partial charge in [0, 0.05) is 50.9 Å². The second-order valence-corrected chi connectivity index (χ2v) is 14.8. The predicted octanol–water partition coefficient (Wildman–Crippen LogP) is 4.17. The van der Waals surface area contributed by atoms with E-state index in [1.807, 2.05) is 30.5 Å². The van der Waals surface area contributed by atoms with E-state index in [1.165, 1.54) is 29.7 Å². The highest BCUT2D eigenvalue weighted by molar-refractivity contribution is 7.91. The first kappa shape index (κ1) is 28.6. The standard InChI is InChI=1S/C31H35FN6O3S2/c32-23-9-7-22(8-10-23)11-13-37-21-33-17-29(37)27-5-2-1-4-26(27)28-6-3-12-38(28)43(40,41)30-18-34-31(42-30)36-15-14-35-20-25(39)16-24(35)19-36/h1-2,4-5,7-10,17-18,21,24-25,28,39H,3,6,11-16,19-20H2. The van der Waals surface area contributed by atoms with Gasteiger partial charge < -0.3 is 14.6 Å². The highest BCUT2D eigenvalue weighted by Crippen LogP contribution is 2.42. The van der Waals surface area contributed by atoms with Crippen LogP contribution in [0.4, 0.5) is 9.52 Å². The molecule has 3 aliphatic rings. The van der Waals surface area contributed by atoms with Crippen LogP contribution in [0.1, 0.15) is 36.4 Å². The van der Waals surface area contributed by atoms with E-state index in [0.717, 1.165) is 72.8 Å². The van der Waals surface area contributed by atoms with Crippen molar-refractivity contribution in [3.05, 3.63) is 84.2 Å². The maximum Gasteiger partial charge on any atom is 0.254 e. The summed E-state index contributed by atoms with van der Waals surface area (Å²) >= 11 is 1.24. The van der Waals surface area contributed by atoms with Crippen LogP contribution in [0.5, 0.6) is 0 Å². The van der Waals surface area contributed by atoms with E-state index < -0.39 is 10.0 Å². The van der Waals surface area contributed by atoms with Crippen LogP contribution in [-0.2, 0) is 23.0 Å². The summed E-state index contributed by atoms with van der Waals surface area (Å²) in [6.07, 6.45) is 7.82. The largest absolute Gasteiger partial charge is 0.392 e. The van der Waals surface area contributed by atoms with E-state index in [4.69, 9.17) is 0 Å². The van der Waals surface area contributed by atoms with Gasteiger partial charge in [0.25, 0.3) is 10.0 Å². The first-order valence-electron chi connectivity index (χ1n) is 14.9. The molecular formula is C31H35FN6O3S2. The lowest BCUT2D eigenvalue weighted by molar-refractivity contribution is 0.173. The Hall–Kier alpha value is -3.16. The lowest BCUT2D eigenvalue weighted by atomic mass is 9.97. The van der Waals surface area contributed by atoms with Crippen molar-refractivity contribution in [2.75, 3.05) is 37.6 Å². The summed E-state index contributed by atoms with van der Waals surface area (Å²) in [5, 5.41) is 10.8. The topological polar surface area (TPSA) is 94.8 Å². The fourth-order valence-corrected chi connectivity index (χ4v) is 9.76. The number of aryl methyl sites for hydroxylation is 2. The van der Waals surface area contributed by atoms with Crippen LogP contribution in [0.3, 0.4) is 0 Å². The molecule has 3 atom stereocenters. The second-order valence-electron chi connectivity index (χ2n) is 11.7. The van der Waals surface area contributed by atoms with Crippen LogP contribution in [0, 0.1) is 5.82 Å². The lowest BCUT2D eigenvalue weighted by Gasteiger charge is -2.37. The zero-order chi connectivity index (χ0) is 29.6. The zero-order valence-electron chi connectivity index (χ0n) is 23.8. The highest BCUT2D eigenvalue weighted by Gasteiger charge is 2.40. The molecule has 226 valence electrons. The molecule has 7 rings (SSSR count). The number of nitrogens with zero attached hydrogens (tertiary/aromatic N) is 6. The predicted molar refractivity (Wildman–Crippen MR) is 164 cm³/mol. The van der Waals surface area contributed by atoms with E-state index in [9.17, 15) is 17.9 Å². The van der Waals surface area contributed by atoms with Crippen molar-refractivity contribution in [1.29, 1.82) is 0 Å². The van der Waals surface area contributed by atoms with Gasteiger partial charge in [0.2, 0.25) is 0 Å². The summed E-state index contributed by atoms with van der Waals surface area (Å²) in [6, 6.07) is 14.5. The van der Waals surface area contributed by atoms with E-state index in [1.54, 1.807) is 22.8 Å². The maximum absolute atomic E-state index is 14.1. The summed E-state index contributed by atoms with van der Waals surface area (Å²) in [4.78, 5) is 13.4. The van der Waals surface area contributed by atoms with Crippen LogP contribution in [0.2, 0.25) is 0 Å².